The van der Waals surface area contributed by atoms with Crippen LogP contribution in [0.15, 0.2) is 18.2 Å². The lowest BCUT2D eigenvalue weighted by Crippen LogP contribution is -2.30. The topological polar surface area (TPSA) is 76.3 Å². The van der Waals surface area contributed by atoms with Gasteiger partial charge >= 0.3 is 0 Å². The number of nitrogens with zero attached hydrogens (tertiary/aromatic N) is 1. The molecule has 1 aromatic rings. The van der Waals surface area contributed by atoms with Gasteiger partial charge < -0.3 is 15.5 Å². The molecule has 0 fully saturated rings. The lowest BCUT2D eigenvalue weighted by Gasteiger charge is -2.18. The van der Waals surface area contributed by atoms with Crippen LogP contribution in [0.5, 0.6) is 0 Å². The van der Waals surface area contributed by atoms with Crippen molar-refractivity contribution in [3.05, 3.63) is 35.1 Å². The molecule has 1 aromatic carbocycles. The van der Waals surface area contributed by atoms with E-state index < -0.39 is 18.0 Å². The number of hydrogen-bond donors (Lipinski definition) is 3. The molecule has 16 heavy (non-hydrogen) atoms. The van der Waals surface area contributed by atoms with Crippen molar-refractivity contribution in [3.63, 3.8) is 0 Å². The van der Waals surface area contributed by atoms with Gasteiger partial charge in [-0.05, 0) is 25.2 Å². The van der Waals surface area contributed by atoms with E-state index in [1.165, 1.54) is 6.07 Å². The molecule has 0 heterocycles. The molecule has 5 heteroatoms. The molecule has 2 unspecified atom stereocenters. The maximum Gasteiger partial charge on any atom is 0.123 e. The molecule has 0 aliphatic rings. The Balaban J connectivity index is 3.02. The summed E-state index contributed by atoms with van der Waals surface area (Å²) in [5.74, 6) is -0.551. The van der Waals surface area contributed by atoms with E-state index in [4.69, 9.17) is 5.26 Å². The molecule has 0 spiro atoms. The highest BCUT2D eigenvalue weighted by Gasteiger charge is 2.21. The van der Waals surface area contributed by atoms with Crippen molar-refractivity contribution in [1.82, 2.24) is 5.32 Å². The maximum atomic E-state index is 13.0. The third-order valence-electron chi connectivity index (χ3n) is 2.23. The van der Waals surface area contributed by atoms with Crippen molar-refractivity contribution >= 4 is 0 Å². The third kappa shape index (κ3) is 2.76. The van der Waals surface area contributed by atoms with Crippen molar-refractivity contribution in [2.45, 2.75) is 12.2 Å². The number of halogens is 1. The van der Waals surface area contributed by atoms with Crippen LogP contribution in [0.3, 0.4) is 0 Å². The summed E-state index contributed by atoms with van der Waals surface area (Å²) in [6, 6.07) is 5.32. The minimum Gasteiger partial charge on any atom is -0.389 e. The molecular formula is C11H13FN2O2. The van der Waals surface area contributed by atoms with E-state index in [-0.39, 0.29) is 17.7 Å². The molecule has 0 bridgehead atoms. The van der Waals surface area contributed by atoms with Crippen LogP contribution in [0.4, 0.5) is 4.39 Å². The van der Waals surface area contributed by atoms with Gasteiger partial charge in [0.05, 0.1) is 17.7 Å². The largest absolute Gasteiger partial charge is 0.389 e. The van der Waals surface area contributed by atoms with E-state index in [1.54, 1.807) is 7.05 Å². The number of nitriles is 1. The van der Waals surface area contributed by atoms with Gasteiger partial charge in [0.1, 0.15) is 11.9 Å². The number of likely N-dealkylation sites (N-methyl/N-ethyl adjacent to an activating group) is 1. The quantitative estimate of drug-likeness (QED) is 0.688. The Morgan fingerprint density at radius 3 is 2.75 bits per heavy atom. The van der Waals surface area contributed by atoms with E-state index in [1.807, 2.05) is 6.07 Å². The summed E-state index contributed by atoms with van der Waals surface area (Å²) < 4.78 is 13.0. The fraction of sp³-hybridized carbons (Fsp3) is 0.364. The van der Waals surface area contributed by atoms with Crippen molar-refractivity contribution in [1.29, 1.82) is 5.26 Å². The lowest BCUT2D eigenvalue weighted by atomic mass is 9.99. The average molecular weight is 224 g/mol. The molecule has 4 nitrogen and oxygen atoms in total. The van der Waals surface area contributed by atoms with Crippen LogP contribution in [0.2, 0.25) is 0 Å². The summed E-state index contributed by atoms with van der Waals surface area (Å²) >= 11 is 0. The maximum absolute atomic E-state index is 13.0. The first-order chi connectivity index (χ1) is 7.60. The Bertz CT molecular complexity index is 403. The average Bonchev–Trinajstić information content (AvgIpc) is 2.28. The Hall–Kier alpha value is -1.48. The van der Waals surface area contributed by atoms with E-state index in [2.05, 4.69) is 5.32 Å². The zero-order chi connectivity index (χ0) is 12.1. The number of benzene rings is 1. The molecule has 86 valence electrons. The number of aliphatic hydroxyl groups is 2. The van der Waals surface area contributed by atoms with Gasteiger partial charge in [0, 0.05) is 12.1 Å². The standard InChI is InChI=1S/C11H13FN2O2/c1-14-6-10(15)11(16)9-4-8(12)3-2-7(9)5-13/h2-4,10-11,14-16H,6H2,1H3. The Labute approximate surface area is 93.0 Å². The number of hydrogen-bond acceptors (Lipinski definition) is 4. The summed E-state index contributed by atoms with van der Waals surface area (Å²) in [4.78, 5) is 0. The molecule has 0 amide bonds. The molecule has 2 atom stereocenters. The van der Waals surface area contributed by atoms with Crippen LogP contribution in [-0.2, 0) is 0 Å². The highest BCUT2D eigenvalue weighted by molar-refractivity contribution is 5.39. The molecule has 0 aliphatic heterocycles. The molecule has 0 aliphatic carbocycles. The highest BCUT2D eigenvalue weighted by Crippen LogP contribution is 2.21. The Morgan fingerprint density at radius 2 is 2.19 bits per heavy atom. The predicted molar refractivity (Wildman–Crippen MR) is 56.0 cm³/mol. The number of aliphatic hydroxyl groups excluding tert-OH is 2. The summed E-state index contributed by atoms with van der Waals surface area (Å²) in [5, 5.41) is 30.8. The normalized spacial score (nSPS) is 14.2. The minimum absolute atomic E-state index is 0.102. The first-order valence-corrected chi connectivity index (χ1v) is 4.80. The van der Waals surface area contributed by atoms with Gasteiger partial charge in [-0.25, -0.2) is 4.39 Å². The van der Waals surface area contributed by atoms with Crippen molar-refractivity contribution in [3.8, 4) is 6.07 Å². The van der Waals surface area contributed by atoms with E-state index in [0.29, 0.717) is 0 Å². The zero-order valence-electron chi connectivity index (χ0n) is 8.81. The summed E-state index contributed by atoms with van der Waals surface area (Å²) in [5.41, 5.74) is 0.259. The van der Waals surface area contributed by atoms with E-state index in [0.717, 1.165) is 12.1 Å². The van der Waals surface area contributed by atoms with Crippen LogP contribution < -0.4 is 5.32 Å². The Kier molecular flexibility index (Phi) is 4.38. The van der Waals surface area contributed by atoms with Crippen LogP contribution in [0.25, 0.3) is 0 Å². The van der Waals surface area contributed by atoms with Gasteiger partial charge in [0.2, 0.25) is 0 Å². The molecule has 0 saturated carbocycles. The first-order valence-electron chi connectivity index (χ1n) is 4.80. The number of nitrogens with one attached hydrogen (secondary N) is 1. The molecule has 3 N–H and O–H groups in total. The van der Waals surface area contributed by atoms with Crippen LogP contribution >= 0.6 is 0 Å². The van der Waals surface area contributed by atoms with Gasteiger partial charge in [0.15, 0.2) is 0 Å². The fourth-order valence-corrected chi connectivity index (χ4v) is 1.41. The molecule has 0 aromatic heterocycles. The van der Waals surface area contributed by atoms with E-state index >= 15 is 0 Å². The third-order valence-corrected chi connectivity index (χ3v) is 2.23. The van der Waals surface area contributed by atoms with Crippen molar-refractivity contribution < 1.29 is 14.6 Å². The summed E-state index contributed by atoms with van der Waals surface area (Å²) in [6.45, 7) is 0.155. The van der Waals surface area contributed by atoms with Gasteiger partial charge in [-0.2, -0.15) is 5.26 Å². The van der Waals surface area contributed by atoms with Gasteiger partial charge in [-0.1, -0.05) is 0 Å². The van der Waals surface area contributed by atoms with Gasteiger partial charge in [0.25, 0.3) is 0 Å². The highest BCUT2D eigenvalue weighted by atomic mass is 19.1. The van der Waals surface area contributed by atoms with Gasteiger partial charge in [-0.3, -0.25) is 0 Å². The predicted octanol–water partition coefficient (Wildman–Crippen LogP) is 0.311. The molecule has 1 rings (SSSR count). The summed E-state index contributed by atoms with van der Waals surface area (Å²) in [6.07, 6.45) is -2.36. The Morgan fingerprint density at radius 1 is 1.50 bits per heavy atom. The number of rotatable bonds is 4. The second-order valence-electron chi connectivity index (χ2n) is 3.41. The van der Waals surface area contributed by atoms with Gasteiger partial charge in [-0.15, -0.1) is 0 Å². The zero-order valence-corrected chi connectivity index (χ0v) is 8.81. The van der Waals surface area contributed by atoms with E-state index in [9.17, 15) is 14.6 Å². The van der Waals surface area contributed by atoms with Crippen molar-refractivity contribution in [2.24, 2.45) is 0 Å². The smallest absolute Gasteiger partial charge is 0.123 e. The second-order valence-corrected chi connectivity index (χ2v) is 3.41. The van der Waals surface area contributed by atoms with Crippen molar-refractivity contribution in [2.75, 3.05) is 13.6 Å². The minimum atomic E-state index is -1.28. The molecular weight excluding hydrogens is 211 g/mol. The fourth-order valence-electron chi connectivity index (χ4n) is 1.41. The van der Waals surface area contributed by atoms with Crippen LogP contribution in [0.1, 0.15) is 17.2 Å². The second kappa shape index (κ2) is 5.56. The monoisotopic (exact) mass is 224 g/mol. The lowest BCUT2D eigenvalue weighted by molar-refractivity contribution is 0.0199. The molecule has 0 saturated heterocycles. The van der Waals surface area contributed by atoms with Crippen LogP contribution in [0, 0.1) is 17.1 Å². The first kappa shape index (κ1) is 12.6. The SMILES string of the molecule is CNCC(O)C(O)c1cc(F)ccc1C#N. The van der Waals surface area contributed by atoms with Crippen LogP contribution in [-0.4, -0.2) is 29.9 Å². The molecule has 0 radical (unpaired) electrons. The summed E-state index contributed by atoms with van der Waals surface area (Å²) in [7, 11) is 1.62.